The lowest BCUT2D eigenvalue weighted by molar-refractivity contribution is 0.0523. The molecule has 154 valence electrons. The largest absolute Gasteiger partial charge is 0.444 e. The first-order valence-electron chi connectivity index (χ1n) is 9.59. The Bertz CT molecular complexity index is 593. The summed E-state index contributed by atoms with van der Waals surface area (Å²) >= 11 is 0. The van der Waals surface area contributed by atoms with Crippen molar-refractivity contribution in [1.82, 2.24) is 30.7 Å². The molecule has 0 saturated heterocycles. The molecule has 3 N–H and O–H groups in total. The standard InChI is InChI=1S/C18H35N7O2/c1-7-9-10-14(11-21-17(26)27-18(3,4)5)23-16(19-6)20-12-15-24-22-13-25(15)8-2/h13-14H,7-12H2,1-6H3,(H,21,26)(H2,19,20,23). The Labute approximate surface area is 162 Å². The van der Waals surface area contributed by atoms with Gasteiger partial charge in [-0.3, -0.25) is 4.99 Å². The smallest absolute Gasteiger partial charge is 0.407 e. The third kappa shape index (κ3) is 9.25. The zero-order valence-electron chi connectivity index (χ0n) is 17.5. The van der Waals surface area contributed by atoms with Gasteiger partial charge in [-0.1, -0.05) is 19.8 Å². The number of guanidine groups is 1. The number of carbonyl (C=O) groups is 1. The first-order valence-corrected chi connectivity index (χ1v) is 9.59. The molecule has 1 aromatic heterocycles. The highest BCUT2D eigenvalue weighted by atomic mass is 16.6. The average molecular weight is 382 g/mol. The summed E-state index contributed by atoms with van der Waals surface area (Å²) in [5, 5.41) is 17.5. The summed E-state index contributed by atoms with van der Waals surface area (Å²) in [5.41, 5.74) is -0.511. The number of hydrogen-bond donors (Lipinski definition) is 3. The van der Waals surface area contributed by atoms with Crippen molar-refractivity contribution in [2.24, 2.45) is 4.99 Å². The zero-order valence-corrected chi connectivity index (χ0v) is 17.5. The number of aromatic nitrogens is 3. The van der Waals surface area contributed by atoms with Gasteiger partial charge in [-0.25, -0.2) is 4.79 Å². The van der Waals surface area contributed by atoms with Gasteiger partial charge in [0, 0.05) is 26.2 Å². The van der Waals surface area contributed by atoms with Crippen LogP contribution in [0.5, 0.6) is 0 Å². The average Bonchev–Trinajstić information content (AvgIpc) is 3.06. The maximum absolute atomic E-state index is 11.9. The van der Waals surface area contributed by atoms with Gasteiger partial charge in [0.15, 0.2) is 11.8 Å². The number of ether oxygens (including phenoxy) is 1. The lowest BCUT2D eigenvalue weighted by Gasteiger charge is -2.24. The Morgan fingerprint density at radius 3 is 2.67 bits per heavy atom. The summed E-state index contributed by atoms with van der Waals surface area (Å²) in [6.45, 7) is 11.5. The lowest BCUT2D eigenvalue weighted by Crippen LogP contribution is -2.49. The predicted molar refractivity (Wildman–Crippen MR) is 107 cm³/mol. The first kappa shape index (κ1) is 22.7. The number of aliphatic imine (C=N–C) groups is 1. The van der Waals surface area contributed by atoms with E-state index in [0.29, 0.717) is 19.0 Å². The van der Waals surface area contributed by atoms with Gasteiger partial charge in [-0.2, -0.15) is 0 Å². The Hall–Kier alpha value is -2.32. The van der Waals surface area contributed by atoms with E-state index >= 15 is 0 Å². The number of hydrogen-bond acceptors (Lipinski definition) is 5. The molecule has 1 heterocycles. The highest BCUT2D eigenvalue weighted by Gasteiger charge is 2.18. The van der Waals surface area contributed by atoms with Crippen molar-refractivity contribution in [3.05, 3.63) is 12.2 Å². The zero-order chi connectivity index (χ0) is 20.3. The summed E-state index contributed by atoms with van der Waals surface area (Å²) in [7, 11) is 1.72. The fourth-order valence-electron chi connectivity index (χ4n) is 2.43. The minimum absolute atomic E-state index is 0.0488. The summed E-state index contributed by atoms with van der Waals surface area (Å²) in [4.78, 5) is 16.2. The van der Waals surface area contributed by atoms with Crippen LogP contribution in [0.25, 0.3) is 0 Å². The van der Waals surface area contributed by atoms with Crippen molar-refractivity contribution < 1.29 is 9.53 Å². The Morgan fingerprint density at radius 1 is 1.33 bits per heavy atom. The molecule has 0 aromatic carbocycles. The van der Waals surface area contributed by atoms with Crippen LogP contribution in [0.2, 0.25) is 0 Å². The van der Waals surface area contributed by atoms with Crippen LogP contribution in [-0.2, 0) is 17.8 Å². The van der Waals surface area contributed by atoms with Crippen molar-refractivity contribution >= 4 is 12.1 Å². The van der Waals surface area contributed by atoms with Crippen LogP contribution in [0.15, 0.2) is 11.3 Å². The normalized spacial score (nSPS) is 13.2. The number of alkyl carbamates (subject to hydrolysis) is 1. The van der Waals surface area contributed by atoms with E-state index in [1.807, 2.05) is 32.3 Å². The molecule has 9 heteroatoms. The van der Waals surface area contributed by atoms with Gasteiger partial charge >= 0.3 is 6.09 Å². The van der Waals surface area contributed by atoms with E-state index in [1.165, 1.54) is 0 Å². The third-order valence-corrected chi connectivity index (χ3v) is 3.81. The molecule has 0 radical (unpaired) electrons. The molecule has 1 atom stereocenters. The van der Waals surface area contributed by atoms with Crippen LogP contribution in [0.3, 0.4) is 0 Å². The summed E-state index contributed by atoms with van der Waals surface area (Å²) in [6, 6.07) is 0.0488. The van der Waals surface area contributed by atoms with E-state index in [2.05, 4.69) is 38.1 Å². The van der Waals surface area contributed by atoms with E-state index in [0.717, 1.165) is 31.6 Å². The maximum atomic E-state index is 11.9. The van der Waals surface area contributed by atoms with Crippen molar-refractivity contribution in [2.45, 2.75) is 78.6 Å². The second-order valence-electron chi connectivity index (χ2n) is 7.33. The number of nitrogens with zero attached hydrogens (tertiary/aromatic N) is 4. The van der Waals surface area contributed by atoms with Gasteiger partial charge in [0.2, 0.25) is 0 Å². The first-order chi connectivity index (χ1) is 12.8. The van der Waals surface area contributed by atoms with Crippen molar-refractivity contribution in [3.63, 3.8) is 0 Å². The van der Waals surface area contributed by atoms with Gasteiger partial charge in [0.25, 0.3) is 0 Å². The lowest BCUT2D eigenvalue weighted by atomic mass is 10.1. The molecule has 1 rings (SSSR count). The molecule has 0 saturated carbocycles. The SMILES string of the molecule is CCCCC(CNC(=O)OC(C)(C)C)NC(=NC)NCc1nncn1CC. The number of rotatable bonds is 9. The van der Waals surface area contributed by atoms with Crippen LogP contribution in [0, 0.1) is 0 Å². The van der Waals surface area contributed by atoms with E-state index in [9.17, 15) is 4.79 Å². The highest BCUT2D eigenvalue weighted by Crippen LogP contribution is 2.07. The van der Waals surface area contributed by atoms with Gasteiger partial charge in [-0.05, 0) is 34.1 Å². The molecular formula is C18H35N7O2. The minimum Gasteiger partial charge on any atom is -0.444 e. The van der Waals surface area contributed by atoms with Crippen LogP contribution in [0.1, 0.15) is 59.7 Å². The number of nitrogens with one attached hydrogen (secondary N) is 3. The van der Waals surface area contributed by atoms with Crippen LogP contribution in [0.4, 0.5) is 4.79 Å². The number of amides is 1. The molecule has 0 bridgehead atoms. The second kappa shape index (κ2) is 11.4. The summed E-state index contributed by atoms with van der Waals surface area (Å²) in [5.74, 6) is 1.50. The monoisotopic (exact) mass is 381 g/mol. The maximum Gasteiger partial charge on any atom is 0.407 e. The fourth-order valence-corrected chi connectivity index (χ4v) is 2.43. The predicted octanol–water partition coefficient (Wildman–Crippen LogP) is 2.05. The van der Waals surface area contributed by atoms with Gasteiger partial charge in [0.05, 0.1) is 6.54 Å². The molecule has 0 aliphatic heterocycles. The van der Waals surface area contributed by atoms with E-state index in [1.54, 1.807) is 13.4 Å². The van der Waals surface area contributed by atoms with Crippen molar-refractivity contribution in [2.75, 3.05) is 13.6 Å². The van der Waals surface area contributed by atoms with Crippen LogP contribution >= 0.6 is 0 Å². The molecule has 0 spiro atoms. The van der Waals surface area contributed by atoms with E-state index < -0.39 is 11.7 Å². The fraction of sp³-hybridized carbons (Fsp3) is 0.778. The van der Waals surface area contributed by atoms with E-state index in [4.69, 9.17) is 4.74 Å². The van der Waals surface area contributed by atoms with Crippen LogP contribution < -0.4 is 16.0 Å². The van der Waals surface area contributed by atoms with Gasteiger partial charge in [0.1, 0.15) is 11.9 Å². The number of unbranched alkanes of at least 4 members (excludes halogenated alkanes) is 1. The van der Waals surface area contributed by atoms with Crippen molar-refractivity contribution in [3.8, 4) is 0 Å². The Kier molecular flexibility index (Phi) is 9.60. The van der Waals surface area contributed by atoms with Gasteiger partial charge < -0.3 is 25.3 Å². The molecule has 0 aliphatic rings. The topological polar surface area (TPSA) is 105 Å². The Balaban J connectivity index is 2.57. The summed E-state index contributed by atoms with van der Waals surface area (Å²) in [6.07, 6.45) is 4.34. The number of aryl methyl sites for hydroxylation is 1. The third-order valence-electron chi connectivity index (χ3n) is 3.81. The van der Waals surface area contributed by atoms with E-state index in [-0.39, 0.29) is 6.04 Å². The molecule has 0 fully saturated rings. The second-order valence-corrected chi connectivity index (χ2v) is 7.33. The molecule has 0 aliphatic carbocycles. The molecular weight excluding hydrogens is 346 g/mol. The van der Waals surface area contributed by atoms with Crippen LogP contribution in [-0.4, -0.2) is 52.1 Å². The number of carbonyl (C=O) groups excluding carboxylic acids is 1. The van der Waals surface area contributed by atoms with Gasteiger partial charge in [-0.15, -0.1) is 10.2 Å². The molecule has 1 aromatic rings. The molecule has 1 unspecified atom stereocenters. The highest BCUT2D eigenvalue weighted by molar-refractivity contribution is 5.80. The quantitative estimate of drug-likeness (QED) is 0.447. The molecule has 1 amide bonds. The Morgan fingerprint density at radius 2 is 2.07 bits per heavy atom. The summed E-state index contributed by atoms with van der Waals surface area (Å²) < 4.78 is 7.28. The minimum atomic E-state index is -0.511. The van der Waals surface area contributed by atoms with Crippen molar-refractivity contribution in [1.29, 1.82) is 0 Å². The molecule has 27 heavy (non-hydrogen) atoms. The molecule has 9 nitrogen and oxygen atoms in total.